The second kappa shape index (κ2) is 9.40. The number of amides is 3. The minimum absolute atomic E-state index is 0.228. The lowest BCUT2D eigenvalue weighted by Gasteiger charge is -2.39. The second-order valence-electron chi connectivity index (χ2n) is 9.82. The van der Waals surface area contributed by atoms with Crippen LogP contribution >= 0.6 is 0 Å². The van der Waals surface area contributed by atoms with Gasteiger partial charge in [0.25, 0.3) is 0 Å². The van der Waals surface area contributed by atoms with E-state index in [9.17, 15) is 9.59 Å². The fourth-order valence-electron chi connectivity index (χ4n) is 5.56. The fraction of sp³-hybridized carbons (Fsp3) is 0.625. The summed E-state index contributed by atoms with van der Waals surface area (Å²) in [7, 11) is 0. The molecule has 9 nitrogen and oxygen atoms in total. The van der Waals surface area contributed by atoms with E-state index in [1.807, 2.05) is 6.20 Å². The van der Waals surface area contributed by atoms with Crippen LogP contribution in [0.15, 0.2) is 24.5 Å². The van der Waals surface area contributed by atoms with Crippen molar-refractivity contribution in [3.05, 3.63) is 30.1 Å². The lowest BCUT2D eigenvalue weighted by atomic mass is 9.92. The molecule has 0 bridgehead atoms. The van der Waals surface area contributed by atoms with Crippen LogP contribution in [0.2, 0.25) is 0 Å². The van der Waals surface area contributed by atoms with Gasteiger partial charge in [-0.2, -0.15) is 5.10 Å². The van der Waals surface area contributed by atoms with E-state index in [1.54, 1.807) is 15.6 Å². The van der Waals surface area contributed by atoms with E-state index < -0.39 is 0 Å². The molecule has 3 amide bonds. The van der Waals surface area contributed by atoms with E-state index in [2.05, 4.69) is 46.2 Å². The smallest absolute Gasteiger partial charge is 0.328 e. The van der Waals surface area contributed by atoms with E-state index in [-0.39, 0.29) is 11.9 Å². The number of ether oxygens (including phenoxy) is 1. The molecule has 3 saturated heterocycles. The number of carbonyl (C=O) groups is 2. The third-order valence-electron chi connectivity index (χ3n) is 7.09. The van der Waals surface area contributed by atoms with Crippen LogP contribution in [0.1, 0.15) is 38.7 Å². The first-order valence-electron chi connectivity index (χ1n) is 12.1. The van der Waals surface area contributed by atoms with Crippen molar-refractivity contribution < 1.29 is 14.3 Å². The Balaban J connectivity index is 1.19. The summed E-state index contributed by atoms with van der Waals surface area (Å²) < 4.78 is 7.69. The zero-order chi connectivity index (χ0) is 22.9. The van der Waals surface area contributed by atoms with Gasteiger partial charge in [-0.15, -0.1) is 0 Å². The van der Waals surface area contributed by atoms with Crippen LogP contribution in [0.5, 0.6) is 0 Å². The quantitative estimate of drug-likeness (QED) is 0.745. The summed E-state index contributed by atoms with van der Waals surface area (Å²) in [5, 5.41) is 6.78. The third kappa shape index (κ3) is 5.05. The van der Waals surface area contributed by atoms with E-state index in [0.717, 1.165) is 49.8 Å². The topological polar surface area (TPSA) is 82.4 Å². The molecule has 0 spiro atoms. The van der Waals surface area contributed by atoms with Gasteiger partial charge in [0.05, 0.1) is 29.6 Å². The zero-order valence-electron chi connectivity index (χ0n) is 19.6. The molecule has 2 aromatic rings. The highest BCUT2D eigenvalue weighted by Gasteiger charge is 2.28. The Kier molecular flexibility index (Phi) is 6.36. The number of piperazine rings is 1. The lowest BCUT2D eigenvalue weighted by Crippen LogP contribution is -2.49. The molecule has 3 aliphatic heterocycles. The van der Waals surface area contributed by atoms with E-state index in [0.29, 0.717) is 25.2 Å². The first kappa shape index (κ1) is 22.3. The largest absolute Gasteiger partial charge is 0.376 e. The minimum Gasteiger partial charge on any atom is -0.376 e. The maximum absolute atomic E-state index is 12.3. The number of anilines is 1. The number of nitrogens with zero attached hydrogens (tertiary/aromatic N) is 5. The Bertz CT molecular complexity index is 1000. The van der Waals surface area contributed by atoms with Crippen LogP contribution in [0.3, 0.4) is 0 Å². The summed E-state index contributed by atoms with van der Waals surface area (Å²) in [6.45, 7) is 11.1. The molecule has 2 aromatic heterocycles. The van der Waals surface area contributed by atoms with Gasteiger partial charge in [0, 0.05) is 58.4 Å². The Morgan fingerprint density at radius 3 is 2.52 bits per heavy atom. The number of imide groups is 1. The number of rotatable bonds is 5. The Hall–Kier alpha value is -2.49. The number of fused-ring (bicyclic) bond motifs is 1. The summed E-state index contributed by atoms with van der Waals surface area (Å²) in [5.74, 6) is 0.508. The molecule has 0 aliphatic carbocycles. The van der Waals surface area contributed by atoms with Gasteiger partial charge >= 0.3 is 6.03 Å². The molecule has 9 heteroatoms. The summed E-state index contributed by atoms with van der Waals surface area (Å²) in [6.07, 6.45) is 7.04. The molecule has 3 fully saturated rings. The average molecular weight is 455 g/mol. The number of urea groups is 1. The molecule has 3 aliphatic rings. The van der Waals surface area contributed by atoms with Crippen molar-refractivity contribution in [2.75, 3.05) is 44.2 Å². The zero-order valence-corrected chi connectivity index (χ0v) is 19.6. The summed E-state index contributed by atoms with van der Waals surface area (Å²) in [4.78, 5) is 30.5. The predicted molar refractivity (Wildman–Crippen MR) is 125 cm³/mol. The SMILES string of the molecule is C[C@@H]1CC(CN2CCN(Cc3ccn4ncc(N5CCC(=O)NC5=O)c4c3)CC2)C[C@H](C)O1. The number of hydrogen-bond donors (Lipinski definition) is 1. The molecule has 178 valence electrons. The Labute approximate surface area is 194 Å². The van der Waals surface area contributed by atoms with Crippen molar-refractivity contribution in [2.24, 2.45) is 5.92 Å². The second-order valence-corrected chi connectivity index (χ2v) is 9.82. The molecule has 5 heterocycles. The highest BCUT2D eigenvalue weighted by atomic mass is 16.5. The summed E-state index contributed by atoms with van der Waals surface area (Å²) in [6, 6.07) is 3.83. The monoisotopic (exact) mass is 454 g/mol. The molecular weight excluding hydrogens is 420 g/mol. The van der Waals surface area contributed by atoms with Gasteiger partial charge in [-0.05, 0) is 50.3 Å². The molecule has 33 heavy (non-hydrogen) atoms. The van der Waals surface area contributed by atoms with Crippen LogP contribution < -0.4 is 10.2 Å². The van der Waals surface area contributed by atoms with Crippen LogP contribution in [-0.2, 0) is 16.1 Å². The first-order chi connectivity index (χ1) is 15.9. The van der Waals surface area contributed by atoms with Crippen molar-refractivity contribution in [1.29, 1.82) is 0 Å². The fourth-order valence-corrected chi connectivity index (χ4v) is 5.56. The Morgan fingerprint density at radius 2 is 1.79 bits per heavy atom. The van der Waals surface area contributed by atoms with Gasteiger partial charge in [0.15, 0.2) is 0 Å². The number of nitrogens with one attached hydrogen (secondary N) is 1. The predicted octanol–water partition coefficient (Wildman–Crippen LogP) is 2.10. The lowest BCUT2D eigenvalue weighted by molar-refractivity contribution is -0.120. The maximum atomic E-state index is 12.3. The highest BCUT2D eigenvalue weighted by molar-refractivity contribution is 6.07. The van der Waals surface area contributed by atoms with Gasteiger partial charge in [0.1, 0.15) is 0 Å². The maximum Gasteiger partial charge on any atom is 0.328 e. The first-order valence-corrected chi connectivity index (χ1v) is 12.1. The molecule has 0 aromatic carbocycles. The van der Waals surface area contributed by atoms with Crippen molar-refractivity contribution in [3.63, 3.8) is 0 Å². The van der Waals surface area contributed by atoms with Crippen molar-refractivity contribution in [1.82, 2.24) is 24.7 Å². The average Bonchev–Trinajstić information content (AvgIpc) is 3.17. The molecule has 0 radical (unpaired) electrons. The van der Waals surface area contributed by atoms with Gasteiger partial charge < -0.3 is 9.64 Å². The van der Waals surface area contributed by atoms with Gasteiger partial charge in [-0.25, -0.2) is 9.31 Å². The van der Waals surface area contributed by atoms with E-state index >= 15 is 0 Å². The van der Waals surface area contributed by atoms with Crippen LogP contribution in [0, 0.1) is 5.92 Å². The molecule has 1 N–H and O–H groups in total. The van der Waals surface area contributed by atoms with Crippen LogP contribution in [0.4, 0.5) is 10.5 Å². The minimum atomic E-state index is -0.379. The van der Waals surface area contributed by atoms with Crippen molar-refractivity contribution >= 4 is 23.1 Å². The summed E-state index contributed by atoms with van der Waals surface area (Å²) >= 11 is 0. The van der Waals surface area contributed by atoms with Gasteiger partial charge in [0.2, 0.25) is 5.91 Å². The highest BCUT2D eigenvalue weighted by Crippen LogP contribution is 2.27. The van der Waals surface area contributed by atoms with E-state index in [4.69, 9.17) is 4.74 Å². The van der Waals surface area contributed by atoms with E-state index in [1.165, 1.54) is 24.9 Å². The molecule has 1 unspecified atom stereocenters. The van der Waals surface area contributed by atoms with Crippen molar-refractivity contribution in [2.45, 2.75) is 51.9 Å². The molecular formula is C24H34N6O3. The Morgan fingerprint density at radius 1 is 1.06 bits per heavy atom. The van der Waals surface area contributed by atoms with Gasteiger partial charge in [-0.3, -0.25) is 19.9 Å². The van der Waals surface area contributed by atoms with Crippen molar-refractivity contribution in [3.8, 4) is 0 Å². The van der Waals surface area contributed by atoms with Crippen LogP contribution in [-0.4, -0.2) is 82.8 Å². The third-order valence-corrected chi connectivity index (χ3v) is 7.09. The molecule has 0 saturated carbocycles. The number of pyridine rings is 1. The molecule has 5 rings (SSSR count). The number of carbonyl (C=O) groups excluding carboxylic acids is 2. The normalized spacial score (nSPS) is 27.8. The number of hydrogen-bond acceptors (Lipinski definition) is 6. The van der Waals surface area contributed by atoms with Crippen LogP contribution in [0.25, 0.3) is 5.52 Å². The molecule has 3 atom stereocenters. The van der Waals surface area contributed by atoms with Gasteiger partial charge in [-0.1, -0.05) is 0 Å². The standard InChI is InChI=1S/C24H34N6O3/c1-17-11-20(12-18(2)33-17)16-28-9-7-27(8-10-28)15-19-3-6-30-21(13-19)22(14-25-30)29-5-4-23(31)26-24(29)32/h3,6,13-14,17-18,20H,4-5,7-12,15-16H2,1-2H3,(H,26,31,32)/t17-,18+,20?. The number of aromatic nitrogens is 2. The summed E-state index contributed by atoms with van der Waals surface area (Å²) in [5.41, 5.74) is 2.84.